The summed E-state index contributed by atoms with van der Waals surface area (Å²) >= 11 is 0. The third kappa shape index (κ3) is 3.99. The highest BCUT2D eigenvalue weighted by Gasteiger charge is 2.55. The summed E-state index contributed by atoms with van der Waals surface area (Å²) in [5.41, 5.74) is 0.296. The first-order valence-electron chi connectivity index (χ1n) is 9.23. The Morgan fingerprint density at radius 1 is 1.04 bits per heavy atom. The lowest BCUT2D eigenvalue weighted by Gasteiger charge is -2.63. The van der Waals surface area contributed by atoms with E-state index in [4.69, 9.17) is 4.84 Å². The Morgan fingerprint density at radius 2 is 1.62 bits per heavy atom. The van der Waals surface area contributed by atoms with E-state index < -0.39 is 15.9 Å². The van der Waals surface area contributed by atoms with Crippen molar-refractivity contribution in [2.75, 3.05) is 19.7 Å². The molecule has 1 aliphatic heterocycles. The Morgan fingerprint density at radius 3 is 2.17 bits per heavy atom. The molecule has 0 saturated carbocycles. The molecular formula is C20H34N2O2. The zero-order chi connectivity index (χ0) is 17.8. The number of rotatable bonds is 7. The molecule has 0 aliphatic carbocycles. The second-order valence-electron chi connectivity index (χ2n) is 8.35. The van der Waals surface area contributed by atoms with E-state index in [0.717, 1.165) is 38.9 Å². The molecule has 0 N–H and O–H groups in total. The van der Waals surface area contributed by atoms with Crippen LogP contribution in [0.4, 0.5) is 0 Å². The van der Waals surface area contributed by atoms with E-state index in [9.17, 15) is 5.21 Å². The fraction of sp³-hybridized carbons (Fsp3) is 0.700. The van der Waals surface area contributed by atoms with Crippen molar-refractivity contribution in [1.29, 1.82) is 0 Å². The number of hydroxylamine groups is 4. The van der Waals surface area contributed by atoms with Crippen molar-refractivity contribution in [3.05, 3.63) is 41.1 Å². The lowest BCUT2D eigenvalue weighted by atomic mass is 9.89. The highest BCUT2D eigenvalue weighted by atomic mass is 16.9. The van der Waals surface area contributed by atoms with Crippen molar-refractivity contribution in [3.63, 3.8) is 0 Å². The second-order valence-corrected chi connectivity index (χ2v) is 8.35. The van der Waals surface area contributed by atoms with Gasteiger partial charge >= 0.3 is 0 Å². The molecule has 2 rings (SSSR count). The van der Waals surface area contributed by atoms with Crippen LogP contribution in [0.25, 0.3) is 0 Å². The maximum absolute atomic E-state index is 13.7. The summed E-state index contributed by atoms with van der Waals surface area (Å²) in [7, 11) is 0. The van der Waals surface area contributed by atoms with Crippen molar-refractivity contribution in [3.8, 4) is 0 Å². The Bertz CT molecular complexity index is 496. The van der Waals surface area contributed by atoms with Crippen LogP contribution in [0, 0.1) is 5.21 Å². The minimum Gasteiger partial charge on any atom is -0.597 e. The molecule has 0 aromatic heterocycles. The Kier molecular flexibility index (Phi) is 6.08. The van der Waals surface area contributed by atoms with Crippen molar-refractivity contribution in [2.24, 2.45) is 0 Å². The first-order valence-corrected chi connectivity index (χ1v) is 9.23. The molecule has 0 spiro atoms. The molecule has 0 unspecified atom stereocenters. The average molecular weight is 335 g/mol. The van der Waals surface area contributed by atoms with Gasteiger partial charge in [0.05, 0.1) is 13.1 Å². The quantitative estimate of drug-likeness (QED) is 0.418. The summed E-state index contributed by atoms with van der Waals surface area (Å²) in [6.45, 7) is 13.2. The first-order chi connectivity index (χ1) is 11.2. The third-order valence-electron chi connectivity index (χ3n) is 5.08. The maximum atomic E-state index is 13.7. The molecule has 0 radical (unpaired) electrons. The van der Waals surface area contributed by atoms with Gasteiger partial charge in [0.25, 0.3) is 0 Å². The molecule has 0 atom stereocenters. The molecule has 136 valence electrons. The summed E-state index contributed by atoms with van der Waals surface area (Å²) < 4.78 is 0. The molecular weight excluding hydrogens is 300 g/mol. The van der Waals surface area contributed by atoms with Crippen molar-refractivity contribution < 1.29 is 9.65 Å². The van der Waals surface area contributed by atoms with Gasteiger partial charge in [-0.2, -0.15) is 0 Å². The third-order valence-corrected chi connectivity index (χ3v) is 5.08. The van der Waals surface area contributed by atoms with Crippen LogP contribution in [0.1, 0.15) is 59.4 Å². The van der Waals surface area contributed by atoms with Gasteiger partial charge < -0.3 is 5.21 Å². The van der Waals surface area contributed by atoms with Crippen molar-refractivity contribution >= 4 is 0 Å². The number of nitrogens with zero attached hydrogens (tertiary/aromatic N) is 2. The smallest absolute Gasteiger partial charge is 0.136 e. The van der Waals surface area contributed by atoms with Crippen LogP contribution in [0.15, 0.2) is 30.3 Å². The Labute approximate surface area is 147 Å². The first kappa shape index (κ1) is 19.4. The van der Waals surface area contributed by atoms with Gasteiger partial charge in [-0.3, -0.25) is 4.90 Å². The van der Waals surface area contributed by atoms with Crippen LogP contribution in [0.5, 0.6) is 0 Å². The number of unbranched alkanes of at least 4 members (excludes halogenated alkanes) is 2. The Hall–Kier alpha value is -0.940. The van der Waals surface area contributed by atoms with E-state index >= 15 is 0 Å². The van der Waals surface area contributed by atoms with Gasteiger partial charge in [-0.05, 0) is 39.7 Å². The van der Waals surface area contributed by atoms with E-state index in [-0.39, 0.29) is 0 Å². The highest BCUT2D eigenvalue weighted by molar-refractivity contribution is 5.14. The van der Waals surface area contributed by atoms with Gasteiger partial charge in [-0.1, -0.05) is 50.1 Å². The van der Waals surface area contributed by atoms with Crippen LogP contribution >= 0.6 is 0 Å². The lowest BCUT2D eigenvalue weighted by molar-refractivity contribution is -1.14. The van der Waals surface area contributed by atoms with Crippen LogP contribution in [0.2, 0.25) is 0 Å². The van der Waals surface area contributed by atoms with Crippen molar-refractivity contribution in [2.45, 2.75) is 71.5 Å². The molecule has 0 bridgehead atoms. The minimum absolute atomic E-state index is 0.497. The molecule has 1 aromatic rings. The average Bonchev–Trinajstić information content (AvgIpc) is 2.50. The predicted octanol–water partition coefficient (Wildman–Crippen LogP) is 4.50. The number of benzene rings is 1. The summed E-state index contributed by atoms with van der Waals surface area (Å²) in [6.07, 6.45) is 3.21. The SMILES string of the molecule is CCCCCO[N+]1([O-])C(C)(C)CN(Cc2ccccc2)CC1(C)C. The number of hydrogen-bond acceptors (Lipinski definition) is 3. The molecule has 24 heavy (non-hydrogen) atoms. The summed E-state index contributed by atoms with van der Waals surface area (Å²) in [4.78, 5) is 7.78. The summed E-state index contributed by atoms with van der Waals surface area (Å²) in [5, 5.41) is 13.7. The van der Waals surface area contributed by atoms with Crippen molar-refractivity contribution in [1.82, 2.24) is 4.90 Å². The Balaban J connectivity index is 2.10. The topological polar surface area (TPSA) is 35.5 Å². The monoisotopic (exact) mass is 334 g/mol. The molecule has 1 heterocycles. The fourth-order valence-corrected chi connectivity index (χ4v) is 4.00. The van der Waals surface area contributed by atoms with E-state index in [0.29, 0.717) is 6.61 Å². The normalized spacial score (nSPS) is 22.4. The molecule has 4 heteroatoms. The van der Waals surface area contributed by atoms with Gasteiger partial charge in [0.15, 0.2) is 0 Å². The van der Waals surface area contributed by atoms with Crippen LogP contribution in [-0.2, 0) is 11.4 Å². The molecule has 1 aromatic carbocycles. The molecule has 0 amide bonds. The zero-order valence-electron chi connectivity index (χ0n) is 16.0. The fourth-order valence-electron chi connectivity index (χ4n) is 4.00. The van der Waals surface area contributed by atoms with Gasteiger partial charge in [0.1, 0.15) is 17.7 Å². The van der Waals surface area contributed by atoms with Crippen LogP contribution in [0.3, 0.4) is 0 Å². The van der Waals surface area contributed by atoms with E-state index in [1.54, 1.807) is 0 Å². The lowest BCUT2D eigenvalue weighted by Crippen LogP contribution is -2.76. The zero-order valence-corrected chi connectivity index (χ0v) is 16.0. The molecule has 1 aliphatic rings. The molecule has 1 saturated heterocycles. The number of quaternary nitrogens is 1. The van der Waals surface area contributed by atoms with Gasteiger partial charge in [0.2, 0.25) is 0 Å². The molecule has 1 fully saturated rings. The van der Waals surface area contributed by atoms with Crippen LogP contribution < -0.4 is 0 Å². The highest BCUT2D eigenvalue weighted by Crippen LogP contribution is 2.40. The largest absolute Gasteiger partial charge is 0.597 e. The second kappa shape index (κ2) is 7.52. The number of piperazine rings is 1. The van der Waals surface area contributed by atoms with Gasteiger partial charge in [-0.15, -0.1) is 0 Å². The molecule has 4 nitrogen and oxygen atoms in total. The van der Waals surface area contributed by atoms with E-state index in [1.807, 2.05) is 33.8 Å². The van der Waals surface area contributed by atoms with E-state index in [1.165, 1.54) is 5.56 Å². The minimum atomic E-state index is -0.561. The maximum Gasteiger partial charge on any atom is 0.136 e. The van der Waals surface area contributed by atoms with E-state index in [2.05, 4.69) is 36.1 Å². The van der Waals surface area contributed by atoms with Gasteiger partial charge in [-0.25, -0.2) is 9.65 Å². The number of hydrogen-bond donors (Lipinski definition) is 0. The summed E-state index contributed by atoms with van der Waals surface area (Å²) in [6, 6.07) is 10.5. The standard InChI is InChI=1S/C20H34N2O2/c1-6-7-11-14-24-22(23)19(2,3)16-21(17-20(22,4)5)15-18-12-9-8-10-13-18/h8-10,12-13H,6-7,11,14-17H2,1-5H3. The van der Waals surface area contributed by atoms with Crippen LogP contribution in [-0.4, -0.2) is 40.5 Å². The van der Waals surface area contributed by atoms with Gasteiger partial charge in [0, 0.05) is 6.54 Å². The summed E-state index contributed by atoms with van der Waals surface area (Å²) in [5.74, 6) is 0. The predicted molar refractivity (Wildman–Crippen MR) is 99.0 cm³/mol.